The zero-order valence-corrected chi connectivity index (χ0v) is 14.2. The van der Waals surface area contributed by atoms with Gasteiger partial charge in [0.2, 0.25) is 5.91 Å². The van der Waals surface area contributed by atoms with Crippen LogP contribution in [-0.2, 0) is 11.2 Å². The fourth-order valence-electron chi connectivity index (χ4n) is 2.75. The number of para-hydroxylation sites is 1. The number of carbonyl (C=O) groups excluding carboxylic acids is 1. The molecule has 5 heteroatoms. The van der Waals surface area contributed by atoms with Crippen LogP contribution >= 0.6 is 23.4 Å². The Hall–Kier alpha value is -1.65. The maximum atomic E-state index is 12.3. The van der Waals surface area contributed by atoms with Crippen molar-refractivity contribution in [1.82, 2.24) is 5.32 Å². The van der Waals surface area contributed by atoms with Gasteiger partial charge in [0.25, 0.3) is 0 Å². The van der Waals surface area contributed by atoms with Crippen molar-refractivity contribution in [2.45, 2.75) is 30.2 Å². The molecule has 2 aromatic rings. The number of nitrogens with one attached hydrogen (secondary N) is 1. The minimum absolute atomic E-state index is 0.00363. The molecule has 0 unspecified atom stereocenters. The molecular weight excluding hydrogens is 330 g/mol. The van der Waals surface area contributed by atoms with Crippen LogP contribution in [0.3, 0.4) is 0 Å². The number of aromatic hydroxyl groups is 1. The van der Waals surface area contributed by atoms with Crippen LogP contribution in [0, 0.1) is 0 Å². The van der Waals surface area contributed by atoms with E-state index in [0.29, 0.717) is 17.9 Å². The summed E-state index contributed by atoms with van der Waals surface area (Å²) in [5.74, 6) is 1.22. The van der Waals surface area contributed by atoms with E-state index in [1.54, 1.807) is 23.9 Å². The first-order chi connectivity index (χ1) is 11.1. The number of benzene rings is 2. The summed E-state index contributed by atoms with van der Waals surface area (Å²) in [5.41, 5.74) is 1.90. The second kappa shape index (κ2) is 7.28. The molecule has 23 heavy (non-hydrogen) atoms. The summed E-state index contributed by atoms with van der Waals surface area (Å²) < 4.78 is 0. The number of carbonyl (C=O) groups is 1. The first kappa shape index (κ1) is 16.2. The molecule has 0 spiro atoms. The monoisotopic (exact) mass is 347 g/mol. The minimum Gasteiger partial charge on any atom is -0.508 e. The summed E-state index contributed by atoms with van der Waals surface area (Å²) in [6.45, 7) is 0. The highest BCUT2D eigenvalue weighted by atomic mass is 35.5. The van der Waals surface area contributed by atoms with Crippen LogP contribution < -0.4 is 5.32 Å². The van der Waals surface area contributed by atoms with E-state index in [4.69, 9.17) is 11.6 Å². The van der Waals surface area contributed by atoms with E-state index < -0.39 is 0 Å². The highest BCUT2D eigenvalue weighted by Gasteiger charge is 2.22. The van der Waals surface area contributed by atoms with Gasteiger partial charge in [-0.2, -0.15) is 0 Å². The number of amides is 1. The second-order valence-corrected chi connectivity index (χ2v) is 7.14. The highest BCUT2D eigenvalue weighted by Crippen LogP contribution is 2.37. The standard InChI is InChI=1S/C18H18ClNO2S/c19-13-6-7-17-14(11-13)15(9-10-23-17)20-18(22)8-5-12-3-1-2-4-16(12)21/h1-4,6-7,11,15,21H,5,8-10H2,(H,20,22)/t15-/m0/s1. The van der Waals surface area contributed by atoms with Crippen LogP contribution in [0.4, 0.5) is 0 Å². The lowest BCUT2D eigenvalue weighted by atomic mass is 10.0. The number of hydrogen-bond donors (Lipinski definition) is 2. The van der Waals surface area contributed by atoms with E-state index in [1.807, 2.05) is 30.3 Å². The first-order valence-corrected chi connectivity index (χ1v) is 8.98. The molecule has 1 atom stereocenters. The van der Waals surface area contributed by atoms with Gasteiger partial charge in [-0.3, -0.25) is 4.79 Å². The molecule has 1 aliphatic heterocycles. The van der Waals surface area contributed by atoms with Crippen LogP contribution in [0.1, 0.15) is 30.0 Å². The van der Waals surface area contributed by atoms with Gasteiger partial charge in [0, 0.05) is 22.1 Å². The Morgan fingerprint density at radius 2 is 2.13 bits per heavy atom. The van der Waals surface area contributed by atoms with E-state index in [0.717, 1.165) is 23.3 Å². The number of rotatable bonds is 4. The molecular formula is C18H18ClNO2S. The highest BCUT2D eigenvalue weighted by molar-refractivity contribution is 7.99. The van der Waals surface area contributed by atoms with Gasteiger partial charge in [-0.25, -0.2) is 0 Å². The van der Waals surface area contributed by atoms with Crippen LogP contribution in [0.15, 0.2) is 47.4 Å². The molecule has 1 aliphatic rings. The van der Waals surface area contributed by atoms with Crippen molar-refractivity contribution in [3.05, 3.63) is 58.6 Å². The SMILES string of the molecule is O=C(CCc1ccccc1O)N[C@H]1CCSc2ccc(Cl)cc21. The molecule has 0 aliphatic carbocycles. The molecule has 0 radical (unpaired) electrons. The van der Waals surface area contributed by atoms with Crippen molar-refractivity contribution < 1.29 is 9.90 Å². The average Bonchev–Trinajstić information content (AvgIpc) is 2.55. The Balaban J connectivity index is 1.63. The van der Waals surface area contributed by atoms with Crippen molar-refractivity contribution in [1.29, 1.82) is 0 Å². The van der Waals surface area contributed by atoms with Gasteiger partial charge in [-0.05, 0) is 48.2 Å². The molecule has 1 amide bonds. The zero-order valence-electron chi connectivity index (χ0n) is 12.6. The molecule has 0 bridgehead atoms. The van der Waals surface area contributed by atoms with Crippen molar-refractivity contribution in [3.63, 3.8) is 0 Å². The van der Waals surface area contributed by atoms with Crippen LogP contribution in [0.25, 0.3) is 0 Å². The maximum Gasteiger partial charge on any atom is 0.220 e. The summed E-state index contributed by atoms with van der Waals surface area (Å²) in [7, 11) is 0. The smallest absolute Gasteiger partial charge is 0.220 e. The molecule has 3 nitrogen and oxygen atoms in total. The molecule has 0 fully saturated rings. The Morgan fingerprint density at radius 3 is 2.96 bits per heavy atom. The van der Waals surface area contributed by atoms with Gasteiger partial charge in [0.1, 0.15) is 5.75 Å². The molecule has 3 rings (SSSR count). The predicted octanol–water partition coefficient (Wildman–Crippen LogP) is 4.33. The lowest BCUT2D eigenvalue weighted by Crippen LogP contribution is -2.30. The molecule has 2 N–H and O–H groups in total. The summed E-state index contributed by atoms with van der Waals surface area (Å²) in [4.78, 5) is 13.4. The predicted molar refractivity (Wildman–Crippen MR) is 94.1 cm³/mol. The molecule has 0 saturated carbocycles. The van der Waals surface area contributed by atoms with Crippen molar-refractivity contribution in [2.75, 3.05) is 5.75 Å². The van der Waals surface area contributed by atoms with Gasteiger partial charge in [-0.1, -0.05) is 29.8 Å². The molecule has 2 aromatic carbocycles. The van der Waals surface area contributed by atoms with E-state index >= 15 is 0 Å². The average molecular weight is 348 g/mol. The summed E-state index contributed by atoms with van der Waals surface area (Å²) in [6.07, 6.45) is 1.79. The number of hydrogen-bond acceptors (Lipinski definition) is 3. The number of aryl methyl sites for hydroxylation is 1. The van der Waals surface area contributed by atoms with E-state index in [1.165, 1.54) is 4.90 Å². The topological polar surface area (TPSA) is 49.3 Å². The van der Waals surface area contributed by atoms with E-state index in [2.05, 4.69) is 5.32 Å². The van der Waals surface area contributed by atoms with Crippen LogP contribution in [0.5, 0.6) is 5.75 Å². The third kappa shape index (κ3) is 4.01. The maximum absolute atomic E-state index is 12.3. The Bertz CT molecular complexity index is 720. The van der Waals surface area contributed by atoms with Crippen molar-refractivity contribution in [3.8, 4) is 5.75 Å². The van der Waals surface area contributed by atoms with Crippen LogP contribution in [0.2, 0.25) is 5.02 Å². The molecule has 0 aromatic heterocycles. The lowest BCUT2D eigenvalue weighted by Gasteiger charge is -2.26. The van der Waals surface area contributed by atoms with Crippen LogP contribution in [-0.4, -0.2) is 16.8 Å². The van der Waals surface area contributed by atoms with Gasteiger partial charge in [-0.15, -0.1) is 11.8 Å². The number of phenols is 1. The summed E-state index contributed by atoms with van der Waals surface area (Å²) in [5, 5.41) is 13.6. The zero-order chi connectivity index (χ0) is 16.2. The third-order valence-electron chi connectivity index (χ3n) is 3.96. The molecule has 120 valence electrons. The Labute approximate surface area is 145 Å². The number of fused-ring (bicyclic) bond motifs is 1. The number of thioether (sulfide) groups is 1. The fourth-order valence-corrected chi connectivity index (χ4v) is 4.04. The molecule has 1 heterocycles. The van der Waals surface area contributed by atoms with Gasteiger partial charge in [0.15, 0.2) is 0 Å². The minimum atomic E-state index is -0.00363. The van der Waals surface area contributed by atoms with Gasteiger partial charge < -0.3 is 10.4 Å². The quantitative estimate of drug-likeness (QED) is 0.865. The first-order valence-electron chi connectivity index (χ1n) is 7.62. The van der Waals surface area contributed by atoms with Crippen molar-refractivity contribution >= 4 is 29.3 Å². The van der Waals surface area contributed by atoms with Crippen molar-refractivity contribution in [2.24, 2.45) is 0 Å². The molecule has 0 saturated heterocycles. The van der Waals surface area contributed by atoms with E-state index in [-0.39, 0.29) is 17.7 Å². The second-order valence-electron chi connectivity index (χ2n) is 5.57. The third-order valence-corrected chi connectivity index (χ3v) is 5.32. The number of phenolic OH excluding ortho intramolecular Hbond substituents is 1. The summed E-state index contributed by atoms with van der Waals surface area (Å²) in [6, 6.07) is 13.0. The Morgan fingerprint density at radius 1 is 1.30 bits per heavy atom. The van der Waals surface area contributed by atoms with E-state index in [9.17, 15) is 9.90 Å². The largest absolute Gasteiger partial charge is 0.508 e. The summed E-state index contributed by atoms with van der Waals surface area (Å²) >= 11 is 7.88. The fraction of sp³-hybridized carbons (Fsp3) is 0.278. The van der Waals surface area contributed by atoms with Gasteiger partial charge >= 0.3 is 0 Å². The number of halogens is 1. The van der Waals surface area contributed by atoms with Gasteiger partial charge in [0.05, 0.1) is 6.04 Å². The lowest BCUT2D eigenvalue weighted by molar-refractivity contribution is -0.121. The Kier molecular flexibility index (Phi) is 5.13. The normalized spacial score (nSPS) is 16.7.